The third-order valence-corrected chi connectivity index (χ3v) is 6.25. The lowest BCUT2D eigenvalue weighted by Crippen LogP contribution is -2.29. The Balaban J connectivity index is 1.84. The van der Waals surface area contributed by atoms with Crippen LogP contribution in [0.2, 0.25) is 10.0 Å². The van der Waals surface area contributed by atoms with Crippen molar-refractivity contribution < 1.29 is 17.5 Å². The molecule has 0 spiro atoms. The molecule has 1 N–H and O–H groups in total. The highest BCUT2D eigenvalue weighted by Crippen LogP contribution is 2.27. The number of aromatic nitrogens is 3. The fraction of sp³-hybridized carbons (Fsp3) is 0.222. The Bertz CT molecular complexity index is 1120. The molecule has 0 aliphatic heterocycles. The van der Waals surface area contributed by atoms with E-state index in [2.05, 4.69) is 14.9 Å². The predicted molar refractivity (Wildman–Crippen MR) is 107 cm³/mol. The number of nitrogens with one attached hydrogen (secondary N) is 1. The van der Waals surface area contributed by atoms with Gasteiger partial charge in [-0.1, -0.05) is 28.3 Å². The van der Waals surface area contributed by atoms with E-state index in [4.69, 9.17) is 27.9 Å². The van der Waals surface area contributed by atoms with E-state index >= 15 is 0 Å². The summed E-state index contributed by atoms with van der Waals surface area (Å²) in [6, 6.07) is 8.98. The number of hydrogen-bond donors (Lipinski definition) is 1. The van der Waals surface area contributed by atoms with Gasteiger partial charge in [0.2, 0.25) is 10.0 Å². The number of halogens is 3. The summed E-state index contributed by atoms with van der Waals surface area (Å²) in [5.41, 5.74) is 0. The molecule has 1 heterocycles. The molecule has 11 heteroatoms. The zero-order chi connectivity index (χ0) is 21.2. The topological polar surface area (TPSA) is 86.1 Å². The molecule has 0 aliphatic rings. The predicted octanol–water partition coefficient (Wildman–Crippen LogP) is 4.58. The van der Waals surface area contributed by atoms with Crippen LogP contribution in [0, 0.1) is 5.82 Å². The summed E-state index contributed by atoms with van der Waals surface area (Å²) >= 11 is 11.9. The van der Waals surface area contributed by atoms with Gasteiger partial charge in [-0.2, -0.15) is 0 Å². The Kier molecular flexibility index (Phi) is 6.42. The molecule has 0 amide bonds. The smallest absolute Gasteiger partial charge is 0.322 e. The number of nitrogens with zero attached hydrogens (tertiary/aromatic N) is 3. The molecule has 3 aromatic rings. The van der Waals surface area contributed by atoms with Crippen LogP contribution in [0.15, 0.2) is 47.4 Å². The normalized spacial score (nSPS) is 12.7. The standard InChI is InChI=1S/C18H17Cl2FN4O3S/c1-3-25-17(22-23-18(25)28-14-7-5-13(21)6-8-14)11(2)24-29(26,27)16-9-4-12(19)10-15(16)20/h4-11,24H,3H2,1-2H3/t11-/m1/s1. The molecule has 0 unspecified atom stereocenters. The molecule has 0 saturated heterocycles. The van der Waals surface area contributed by atoms with Crippen molar-refractivity contribution in [1.29, 1.82) is 0 Å². The summed E-state index contributed by atoms with van der Waals surface area (Å²) in [7, 11) is -3.94. The lowest BCUT2D eigenvalue weighted by atomic mass is 10.3. The summed E-state index contributed by atoms with van der Waals surface area (Å²) in [5, 5.41) is 8.36. The molecule has 0 radical (unpaired) electrons. The molecular formula is C18H17Cl2FN4O3S. The molecule has 29 heavy (non-hydrogen) atoms. The monoisotopic (exact) mass is 458 g/mol. The second-order valence-corrected chi connectivity index (χ2v) is 8.58. The zero-order valence-electron chi connectivity index (χ0n) is 15.4. The minimum absolute atomic E-state index is 0.00879. The quantitative estimate of drug-likeness (QED) is 0.559. The summed E-state index contributed by atoms with van der Waals surface area (Å²) < 4.78 is 48.3. The van der Waals surface area contributed by atoms with Gasteiger partial charge >= 0.3 is 6.01 Å². The number of rotatable bonds is 7. The van der Waals surface area contributed by atoms with Gasteiger partial charge in [0.1, 0.15) is 16.5 Å². The van der Waals surface area contributed by atoms with Crippen LogP contribution >= 0.6 is 23.2 Å². The maximum Gasteiger partial charge on any atom is 0.322 e. The minimum Gasteiger partial charge on any atom is -0.424 e. The van der Waals surface area contributed by atoms with Crippen molar-refractivity contribution in [2.75, 3.05) is 0 Å². The average molecular weight is 459 g/mol. The van der Waals surface area contributed by atoms with E-state index < -0.39 is 16.1 Å². The number of benzene rings is 2. The van der Waals surface area contributed by atoms with Crippen molar-refractivity contribution in [2.45, 2.75) is 31.3 Å². The summed E-state index contributed by atoms with van der Waals surface area (Å²) in [6.07, 6.45) is 0. The Morgan fingerprint density at radius 1 is 1.17 bits per heavy atom. The van der Waals surface area contributed by atoms with Crippen molar-refractivity contribution in [2.24, 2.45) is 0 Å². The summed E-state index contributed by atoms with van der Waals surface area (Å²) in [5.74, 6) is 0.332. The average Bonchev–Trinajstić information content (AvgIpc) is 3.05. The number of hydrogen-bond acceptors (Lipinski definition) is 5. The van der Waals surface area contributed by atoms with E-state index in [1.165, 1.54) is 42.5 Å². The molecule has 0 bridgehead atoms. The molecular weight excluding hydrogens is 442 g/mol. The highest BCUT2D eigenvalue weighted by atomic mass is 35.5. The maximum atomic E-state index is 13.1. The summed E-state index contributed by atoms with van der Waals surface area (Å²) in [4.78, 5) is -0.0965. The van der Waals surface area contributed by atoms with Gasteiger partial charge in [-0.15, -0.1) is 5.10 Å². The van der Waals surface area contributed by atoms with Crippen LogP contribution in [0.25, 0.3) is 0 Å². The van der Waals surface area contributed by atoms with Crippen LogP contribution in [-0.2, 0) is 16.6 Å². The lowest BCUT2D eigenvalue weighted by molar-refractivity contribution is 0.407. The van der Waals surface area contributed by atoms with Crippen LogP contribution in [0.5, 0.6) is 11.8 Å². The van der Waals surface area contributed by atoms with Crippen LogP contribution in [0.1, 0.15) is 25.7 Å². The number of ether oxygens (including phenoxy) is 1. The van der Waals surface area contributed by atoms with Gasteiger partial charge in [-0.3, -0.25) is 4.57 Å². The minimum atomic E-state index is -3.94. The lowest BCUT2D eigenvalue weighted by Gasteiger charge is -2.16. The van der Waals surface area contributed by atoms with Crippen molar-refractivity contribution in [3.8, 4) is 11.8 Å². The van der Waals surface area contributed by atoms with Crippen molar-refractivity contribution in [3.05, 3.63) is 64.2 Å². The Hall–Kier alpha value is -2.20. The highest BCUT2D eigenvalue weighted by molar-refractivity contribution is 7.89. The first kappa shape index (κ1) is 21.5. The van der Waals surface area contributed by atoms with Gasteiger partial charge in [0.15, 0.2) is 5.82 Å². The Morgan fingerprint density at radius 3 is 2.48 bits per heavy atom. The van der Waals surface area contributed by atoms with E-state index in [-0.39, 0.29) is 21.7 Å². The largest absolute Gasteiger partial charge is 0.424 e. The molecule has 7 nitrogen and oxygen atoms in total. The van der Waals surface area contributed by atoms with Crippen molar-refractivity contribution >= 4 is 33.2 Å². The first-order valence-corrected chi connectivity index (χ1v) is 10.8. The molecule has 1 atom stereocenters. The van der Waals surface area contributed by atoms with E-state index in [9.17, 15) is 12.8 Å². The van der Waals surface area contributed by atoms with Gasteiger partial charge in [0.05, 0.1) is 11.1 Å². The van der Waals surface area contributed by atoms with Crippen molar-refractivity contribution in [3.63, 3.8) is 0 Å². The van der Waals surface area contributed by atoms with Gasteiger partial charge in [-0.25, -0.2) is 17.5 Å². The molecule has 0 saturated carbocycles. The Morgan fingerprint density at radius 2 is 1.86 bits per heavy atom. The van der Waals surface area contributed by atoms with Crippen molar-refractivity contribution in [1.82, 2.24) is 19.5 Å². The van der Waals surface area contributed by atoms with E-state index in [1.54, 1.807) is 11.5 Å². The van der Waals surface area contributed by atoms with Gasteiger partial charge in [0, 0.05) is 11.6 Å². The zero-order valence-corrected chi connectivity index (χ0v) is 17.8. The van der Waals surface area contributed by atoms with Crippen LogP contribution in [0.3, 0.4) is 0 Å². The fourth-order valence-corrected chi connectivity index (χ4v) is 4.62. The van der Waals surface area contributed by atoms with Crippen LogP contribution in [-0.4, -0.2) is 23.2 Å². The Labute approximate surface area is 177 Å². The SMILES string of the molecule is CCn1c(Oc2ccc(F)cc2)nnc1[C@@H](C)NS(=O)(=O)c1ccc(Cl)cc1Cl. The van der Waals surface area contributed by atoms with Gasteiger partial charge in [-0.05, 0) is 56.3 Å². The van der Waals surface area contributed by atoms with E-state index in [0.717, 1.165) is 0 Å². The fourth-order valence-electron chi connectivity index (χ4n) is 2.64. The third kappa shape index (κ3) is 4.87. The van der Waals surface area contributed by atoms with Crippen LogP contribution in [0.4, 0.5) is 4.39 Å². The van der Waals surface area contributed by atoms with E-state index in [1.807, 2.05) is 6.92 Å². The molecule has 2 aromatic carbocycles. The van der Waals surface area contributed by atoms with Crippen LogP contribution < -0.4 is 9.46 Å². The summed E-state index contributed by atoms with van der Waals surface area (Å²) in [6.45, 7) is 3.88. The van der Waals surface area contributed by atoms with E-state index in [0.29, 0.717) is 23.1 Å². The molecule has 0 aliphatic carbocycles. The van der Waals surface area contributed by atoms with Gasteiger partial charge < -0.3 is 4.74 Å². The molecule has 3 rings (SSSR count). The molecule has 1 aromatic heterocycles. The first-order chi connectivity index (χ1) is 13.7. The second-order valence-electron chi connectivity index (χ2n) is 6.06. The number of sulfonamides is 1. The first-order valence-electron chi connectivity index (χ1n) is 8.55. The highest BCUT2D eigenvalue weighted by Gasteiger charge is 2.25. The molecule has 0 fully saturated rings. The molecule has 154 valence electrons. The second kappa shape index (κ2) is 8.66. The third-order valence-electron chi connectivity index (χ3n) is 3.99. The van der Waals surface area contributed by atoms with Gasteiger partial charge in [0.25, 0.3) is 0 Å². The maximum absolute atomic E-state index is 13.1.